The van der Waals surface area contributed by atoms with Crippen molar-refractivity contribution in [1.29, 1.82) is 0 Å². The maximum atomic E-state index is 5.70. The molecule has 0 spiro atoms. The molecule has 0 atom stereocenters. The summed E-state index contributed by atoms with van der Waals surface area (Å²) in [5.41, 5.74) is 1.15. The maximum absolute atomic E-state index is 5.70. The second-order valence-electron chi connectivity index (χ2n) is 2.19. The van der Waals surface area contributed by atoms with E-state index in [1.807, 2.05) is 0 Å². The Morgan fingerprint density at radius 3 is 2.75 bits per heavy atom. The molecule has 0 saturated carbocycles. The quantitative estimate of drug-likeness (QED) is 0.654. The van der Waals surface area contributed by atoms with E-state index in [-0.39, 0.29) is 0 Å². The summed E-state index contributed by atoms with van der Waals surface area (Å²) < 4.78 is 0. The lowest BCUT2D eigenvalue weighted by Gasteiger charge is -1.95. The Morgan fingerprint density at radius 1 is 1.08 bits per heavy atom. The second kappa shape index (κ2) is 2.84. The molecule has 0 aliphatic carbocycles. The van der Waals surface area contributed by atoms with Crippen molar-refractivity contribution in [3.63, 3.8) is 0 Å². The van der Waals surface area contributed by atoms with Crippen molar-refractivity contribution in [2.45, 2.75) is 0 Å². The molecule has 0 bridgehead atoms. The van der Waals surface area contributed by atoms with E-state index in [0.29, 0.717) is 21.3 Å². The Bertz CT molecular complexity index is 389. The van der Waals surface area contributed by atoms with Crippen molar-refractivity contribution in [2.24, 2.45) is 0 Å². The largest absolute Gasteiger partial charge is 0.250 e. The summed E-state index contributed by atoms with van der Waals surface area (Å²) >= 11 is 11.3. The first-order valence-corrected chi connectivity index (χ1v) is 3.95. The molecule has 12 heavy (non-hydrogen) atoms. The van der Waals surface area contributed by atoms with Gasteiger partial charge in [-0.15, -0.1) is 0 Å². The average Bonchev–Trinajstić information content (AvgIpc) is 2.05. The van der Waals surface area contributed by atoms with Crippen LogP contribution < -0.4 is 0 Å². The Kier molecular flexibility index (Phi) is 1.83. The Labute approximate surface area is 78.4 Å². The van der Waals surface area contributed by atoms with Crippen LogP contribution in [-0.2, 0) is 0 Å². The highest BCUT2D eigenvalue weighted by Gasteiger charge is 1.98. The van der Waals surface area contributed by atoms with Gasteiger partial charge in [0, 0.05) is 6.20 Å². The summed E-state index contributed by atoms with van der Waals surface area (Å²) in [7, 11) is 0. The van der Waals surface area contributed by atoms with Crippen LogP contribution in [0, 0.1) is 0 Å². The van der Waals surface area contributed by atoms with Gasteiger partial charge in [-0.2, -0.15) is 0 Å². The molecule has 0 radical (unpaired) electrons. The molecular formula is C7H3Cl2N3. The van der Waals surface area contributed by atoms with Crippen LogP contribution in [0.15, 0.2) is 18.5 Å². The van der Waals surface area contributed by atoms with Crippen molar-refractivity contribution in [3.8, 4) is 0 Å². The van der Waals surface area contributed by atoms with Crippen LogP contribution in [0.2, 0.25) is 10.2 Å². The number of aromatic nitrogens is 3. The van der Waals surface area contributed by atoms with Gasteiger partial charge in [-0.05, 0) is 6.07 Å². The van der Waals surface area contributed by atoms with Gasteiger partial charge in [0.2, 0.25) is 0 Å². The summed E-state index contributed by atoms with van der Waals surface area (Å²) in [6.45, 7) is 0. The molecule has 0 fully saturated rings. The highest BCUT2D eigenvalue weighted by atomic mass is 35.5. The molecule has 3 nitrogen and oxygen atoms in total. The van der Waals surface area contributed by atoms with Gasteiger partial charge in [0.05, 0.1) is 11.2 Å². The Balaban J connectivity index is 2.79. The van der Waals surface area contributed by atoms with Gasteiger partial charge in [0.15, 0.2) is 5.65 Å². The molecule has 2 heterocycles. The zero-order valence-electron chi connectivity index (χ0n) is 5.83. The third kappa shape index (κ3) is 1.33. The minimum Gasteiger partial charge on any atom is -0.250 e. The first kappa shape index (κ1) is 7.71. The van der Waals surface area contributed by atoms with Crippen LogP contribution >= 0.6 is 23.2 Å². The Morgan fingerprint density at radius 2 is 1.92 bits per heavy atom. The van der Waals surface area contributed by atoms with E-state index >= 15 is 0 Å². The molecule has 2 aromatic rings. The van der Waals surface area contributed by atoms with Gasteiger partial charge in [0.1, 0.15) is 10.7 Å². The lowest BCUT2D eigenvalue weighted by atomic mass is 10.4. The topological polar surface area (TPSA) is 38.7 Å². The zero-order chi connectivity index (χ0) is 8.55. The number of rotatable bonds is 0. The smallest absolute Gasteiger partial charge is 0.179 e. The van der Waals surface area contributed by atoms with Crippen molar-refractivity contribution in [1.82, 2.24) is 15.0 Å². The van der Waals surface area contributed by atoms with E-state index in [1.165, 1.54) is 12.4 Å². The van der Waals surface area contributed by atoms with E-state index in [9.17, 15) is 0 Å². The molecule has 0 N–H and O–H groups in total. The zero-order valence-corrected chi connectivity index (χ0v) is 7.34. The number of fused-ring (bicyclic) bond motifs is 1. The summed E-state index contributed by atoms with van der Waals surface area (Å²) in [5, 5.41) is 0.872. The van der Waals surface area contributed by atoms with Crippen molar-refractivity contribution in [2.75, 3.05) is 0 Å². The molecule has 0 saturated heterocycles. The minimum atomic E-state index is 0.331. The van der Waals surface area contributed by atoms with Gasteiger partial charge in [-0.1, -0.05) is 23.2 Å². The number of pyridine rings is 1. The molecular weight excluding hydrogens is 197 g/mol. The molecule has 2 aromatic heterocycles. The van der Waals surface area contributed by atoms with E-state index in [2.05, 4.69) is 15.0 Å². The maximum Gasteiger partial charge on any atom is 0.179 e. The third-order valence-electron chi connectivity index (χ3n) is 1.34. The molecule has 0 amide bonds. The van der Waals surface area contributed by atoms with Gasteiger partial charge in [-0.3, -0.25) is 0 Å². The second-order valence-corrected chi connectivity index (χ2v) is 3.01. The molecule has 2 rings (SSSR count). The van der Waals surface area contributed by atoms with Gasteiger partial charge >= 0.3 is 0 Å². The fraction of sp³-hybridized carbons (Fsp3) is 0. The van der Waals surface area contributed by atoms with E-state index in [4.69, 9.17) is 23.2 Å². The molecule has 0 unspecified atom stereocenters. The fourth-order valence-electron chi connectivity index (χ4n) is 0.855. The van der Waals surface area contributed by atoms with Gasteiger partial charge in [0.25, 0.3) is 0 Å². The van der Waals surface area contributed by atoms with Crippen LogP contribution in [0.1, 0.15) is 0 Å². The number of halogens is 2. The summed E-state index contributed by atoms with van der Waals surface area (Å²) in [5.74, 6) is 0. The van der Waals surface area contributed by atoms with Crippen LogP contribution in [-0.4, -0.2) is 15.0 Å². The van der Waals surface area contributed by atoms with Crippen LogP contribution in [0.4, 0.5) is 0 Å². The van der Waals surface area contributed by atoms with E-state index in [1.54, 1.807) is 6.07 Å². The highest BCUT2D eigenvalue weighted by Crippen LogP contribution is 2.14. The van der Waals surface area contributed by atoms with Gasteiger partial charge < -0.3 is 0 Å². The number of hydrogen-bond acceptors (Lipinski definition) is 3. The van der Waals surface area contributed by atoms with Crippen molar-refractivity contribution >= 4 is 34.4 Å². The van der Waals surface area contributed by atoms with Gasteiger partial charge in [-0.25, -0.2) is 15.0 Å². The molecule has 0 aromatic carbocycles. The summed E-state index contributed by atoms with van der Waals surface area (Å²) in [6, 6.07) is 1.69. The highest BCUT2D eigenvalue weighted by molar-refractivity contribution is 6.31. The van der Waals surface area contributed by atoms with Crippen LogP contribution in [0.3, 0.4) is 0 Å². The van der Waals surface area contributed by atoms with Crippen LogP contribution in [0.25, 0.3) is 11.2 Å². The minimum absolute atomic E-state index is 0.331. The third-order valence-corrected chi connectivity index (χ3v) is 1.73. The lowest BCUT2D eigenvalue weighted by Crippen LogP contribution is -1.86. The predicted molar refractivity (Wildman–Crippen MR) is 47.4 cm³/mol. The average molecular weight is 200 g/mol. The summed E-state index contributed by atoms with van der Waals surface area (Å²) in [4.78, 5) is 11.9. The predicted octanol–water partition coefficient (Wildman–Crippen LogP) is 2.33. The van der Waals surface area contributed by atoms with Crippen molar-refractivity contribution < 1.29 is 0 Å². The fourth-order valence-corrected chi connectivity index (χ4v) is 1.14. The normalized spacial score (nSPS) is 10.5. The first-order valence-electron chi connectivity index (χ1n) is 3.19. The number of nitrogens with zero attached hydrogens (tertiary/aromatic N) is 3. The molecule has 60 valence electrons. The van der Waals surface area contributed by atoms with E-state index < -0.39 is 0 Å². The number of hydrogen-bond donors (Lipinski definition) is 0. The molecule has 0 aliphatic heterocycles. The Hall–Kier alpha value is -0.930. The van der Waals surface area contributed by atoms with Crippen LogP contribution in [0.5, 0.6) is 0 Å². The lowest BCUT2D eigenvalue weighted by molar-refractivity contribution is 1.22. The first-order chi connectivity index (χ1) is 5.75. The van der Waals surface area contributed by atoms with E-state index in [0.717, 1.165) is 0 Å². The summed E-state index contributed by atoms with van der Waals surface area (Å²) in [6.07, 6.45) is 2.97. The van der Waals surface area contributed by atoms with Crippen molar-refractivity contribution in [3.05, 3.63) is 28.6 Å². The monoisotopic (exact) mass is 199 g/mol. The SMILES string of the molecule is Clc1cnc2nc(Cl)cnc2c1. The standard InChI is InChI=1S/C7H3Cl2N3/c8-4-1-5-7(11-2-4)12-6(9)3-10-5/h1-3H. The molecule has 0 aliphatic rings. The molecule has 5 heteroatoms.